The summed E-state index contributed by atoms with van der Waals surface area (Å²) < 4.78 is 157. The molecule has 11 N–H and O–H groups in total. The van der Waals surface area contributed by atoms with Crippen LogP contribution in [-0.4, -0.2) is 203 Å². The van der Waals surface area contributed by atoms with Crippen molar-refractivity contribution in [2.24, 2.45) is 0 Å². The average molecular weight is 1620 g/mol. The zero-order valence-corrected chi connectivity index (χ0v) is 59.4. The predicted molar refractivity (Wildman–Crippen MR) is 316 cm³/mol. The number of nitrogens with zero attached hydrogens (tertiary/aromatic N) is 8. The summed E-state index contributed by atoms with van der Waals surface area (Å²) in [7, 11) is -36.2. The monoisotopic (exact) mass is 1610 g/mol. The first-order chi connectivity index (χ1) is 40.2. The van der Waals surface area contributed by atoms with Gasteiger partial charge in [-0.25, -0.2) is 38.7 Å². The van der Waals surface area contributed by atoms with Crippen molar-refractivity contribution >= 4 is 173 Å². The first-order valence-electron chi connectivity index (χ1n) is 23.7. The fourth-order valence-electron chi connectivity index (χ4n) is 6.91. The van der Waals surface area contributed by atoms with Crippen LogP contribution < -0.4 is 59.8 Å². The Bertz CT molecular complexity index is 3170. The van der Waals surface area contributed by atoms with E-state index in [1.807, 2.05) is 12.5 Å². The number of hydrogen-bond acceptors (Lipinski definition) is 33. The van der Waals surface area contributed by atoms with E-state index in [2.05, 4.69) is 58.2 Å². The van der Waals surface area contributed by atoms with Gasteiger partial charge in [0, 0.05) is 42.5 Å². The molecular weight excluding hydrogens is 1560 g/mol. The van der Waals surface area contributed by atoms with Crippen molar-refractivity contribution in [2.75, 3.05) is 72.5 Å². The van der Waals surface area contributed by atoms with Crippen LogP contribution in [-0.2, 0) is 54.5 Å². The fraction of sp³-hybridized carbons (Fsp3) is 0.730. The number of phosphoric ester groups is 2. The summed E-state index contributed by atoms with van der Waals surface area (Å²) in [6, 6.07) is 0. The summed E-state index contributed by atoms with van der Waals surface area (Å²) >= 11 is 25.2. The SMILES string of the molecule is C.C.CSCCNc1nc(SCCC(C)(F)F)nc2c1ncn2[C@@H]1O[C@H](COP(=O)([O-])OP(=O)([O-])C(Cl)(Cl)P(=O)(O)O)[C@@H](O)[C@H]1O.CSCCNc1nc(SCCC(F)(F)F)nc2c1ncn2[C@@H]1O[C@H](COP(=O)([O-])OP(=O)([O-])C(Cl)(Cl)P(=O)(O)O)[C@@H](O)[C@H]1O.[Na+].[OH-]. The van der Waals surface area contributed by atoms with Crippen molar-refractivity contribution in [1.29, 1.82) is 0 Å². The number of halogens is 9. The van der Waals surface area contributed by atoms with Crippen LogP contribution in [0.4, 0.5) is 33.6 Å². The van der Waals surface area contributed by atoms with Crippen LogP contribution in [0.15, 0.2) is 23.0 Å². The van der Waals surface area contributed by atoms with E-state index in [9.17, 15) is 89.3 Å². The molecule has 4 aromatic heterocycles. The number of nitrogens with one attached hydrogen (secondary N) is 2. The number of anilines is 2. The Kier molecular flexibility index (Phi) is 35.3. The molecule has 55 heteroatoms. The molecule has 0 spiro atoms. The second kappa shape index (κ2) is 35.9. The van der Waals surface area contributed by atoms with Crippen LogP contribution in [0.1, 0.15) is 47.1 Å². The number of hydrogen-bond donors (Lipinski definition) is 10. The summed E-state index contributed by atoms with van der Waals surface area (Å²) in [5.41, 5.74) is 0.330. The van der Waals surface area contributed by atoms with Crippen LogP contribution in [0.5, 0.6) is 0 Å². The van der Waals surface area contributed by atoms with Gasteiger partial charge in [0.15, 0.2) is 71.9 Å². The number of imidazole rings is 2. The molecule has 4 unspecified atom stereocenters. The molecule has 0 saturated carbocycles. The van der Waals surface area contributed by atoms with E-state index in [4.69, 9.17) is 75.5 Å². The molecule has 0 aliphatic carbocycles. The number of phosphoric acid groups is 2. The van der Waals surface area contributed by atoms with Crippen molar-refractivity contribution in [3.05, 3.63) is 12.7 Å². The molecule has 528 valence electrons. The third-order valence-electron chi connectivity index (χ3n) is 11.2. The first-order valence-corrected chi connectivity index (χ1v) is 39.2. The van der Waals surface area contributed by atoms with Gasteiger partial charge in [0.2, 0.25) is 5.92 Å². The number of rotatable bonds is 31. The minimum absolute atomic E-state index is 0. The van der Waals surface area contributed by atoms with Crippen LogP contribution in [0.3, 0.4) is 0 Å². The standard InChI is InChI=1S/C18H28Cl2F2N5O12P3S2.C17H25Cl2F3N5O12P3S2.2CH4.Na.H2O/c1-17(21,22)3-5-44-16-25-13(23-4-6-43-2)10-14(26-16)27(8-24-10)15-12(29)11(28)9(38-15)7-37-42(35,36)39-41(33,34)18(19,20)40(30,31)32;1-43-5-3-23-12-9-13(26-15(25-12)44-4-2-16(20,21)22)27(7-24-9)14-11(29)10(28)8(38-14)6-37-42(35,36)39-41(33,34)17(18,19)40(30,31)32;;;;/h8-9,11-12,15,28-29H,3-7H2,1-2H3,(H,33,34)(H,35,36)(H,23,25,26)(H2,30,31,32);7-8,10-11,14,28-29H,2-6H2,1H3,(H,33,34)(H,35,36)(H,23,25,26)(H2,30,31,32);2*1H4;;1H2/q;;;;+1;/p-5/t9-,11-,12-,15-;8-,10-,11-,14-;;;;/m11..../s1. The summed E-state index contributed by atoms with van der Waals surface area (Å²) in [5, 5.41) is 48.4. The van der Waals surface area contributed by atoms with Gasteiger partial charge in [0.25, 0.3) is 23.3 Å². The maximum atomic E-state index is 13.3. The van der Waals surface area contributed by atoms with Gasteiger partial charge in [-0.2, -0.15) is 36.7 Å². The third-order valence-corrected chi connectivity index (χ3v) is 29.2. The van der Waals surface area contributed by atoms with Gasteiger partial charge in [-0.05, 0) is 19.4 Å². The molecule has 2 aliphatic rings. The smallest absolute Gasteiger partial charge is 0.870 e. The molecule has 0 aromatic carbocycles. The van der Waals surface area contributed by atoms with Gasteiger partial charge in [0.1, 0.15) is 36.6 Å². The Morgan fingerprint density at radius 2 is 0.946 bits per heavy atom. The van der Waals surface area contributed by atoms with E-state index in [-0.39, 0.29) is 99.9 Å². The van der Waals surface area contributed by atoms with Crippen LogP contribution >= 0.6 is 139 Å². The normalized spacial score (nSPS) is 23.3. The minimum Gasteiger partial charge on any atom is -0.870 e. The molecule has 6 heterocycles. The van der Waals surface area contributed by atoms with Gasteiger partial charge in [-0.15, -0.1) is 0 Å². The first kappa shape index (κ1) is 90.5. The Labute approximate surface area is 578 Å². The third kappa shape index (κ3) is 23.8. The summed E-state index contributed by atoms with van der Waals surface area (Å²) in [4.78, 5) is 110. The summed E-state index contributed by atoms with van der Waals surface area (Å²) in [6.45, 7) is -0.726. The maximum absolute atomic E-state index is 13.3. The molecular formula is C37H58Cl4F5N10NaO25P6S4-4. The van der Waals surface area contributed by atoms with Gasteiger partial charge < -0.3 is 103 Å². The van der Waals surface area contributed by atoms with Crippen molar-refractivity contribution in [3.8, 4) is 0 Å². The summed E-state index contributed by atoms with van der Waals surface area (Å²) in [5.74, 6) is -1.66. The topological polar surface area (TPSA) is 553 Å². The molecule has 92 heavy (non-hydrogen) atoms. The van der Waals surface area contributed by atoms with Crippen LogP contribution in [0.2, 0.25) is 0 Å². The molecule has 6 rings (SSSR count). The van der Waals surface area contributed by atoms with Crippen molar-refractivity contribution < 1.29 is 171 Å². The average Bonchev–Trinajstić information content (AvgIpc) is 1.28. The number of fused-ring (bicyclic) bond motifs is 2. The molecule has 0 radical (unpaired) electrons. The quantitative estimate of drug-likeness (QED) is 0.00647. The number of alkyl halides is 9. The Morgan fingerprint density at radius 3 is 1.25 bits per heavy atom. The van der Waals surface area contributed by atoms with Gasteiger partial charge in [-0.1, -0.05) is 84.8 Å². The van der Waals surface area contributed by atoms with E-state index in [0.29, 0.717) is 36.4 Å². The van der Waals surface area contributed by atoms with E-state index in [0.717, 1.165) is 29.6 Å². The number of thioether (sulfide) groups is 4. The number of aliphatic hydroxyl groups excluding tert-OH is 4. The predicted octanol–water partition coefficient (Wildman–Crippen LogP) is 1.37. The second-order valence-corrected chi connectivity index (χ2v) is 37.9. The van der Waals surface area contributed by atoms with Crippen LogP contribution in [0.25, 0.3) is 22.3 Å². The molecule has 12 atom stereocenters. The zero-order valence-electron chi connectivity index (χ0n) is 45.7. The molecule has 35 nitrogen and oxygen atoms in total. The van der Waals surface area contributed by atoms with Gasteiger partial charge in [0.05, 0.1) is 32.3 Å². The van der Waals surface area contributed by atoms with Gasteiger partial charge in [-0.3, -0.25) is 36.0 Å². The molecule has 0 amide bonds. The molecule has 2 aliphatic heterocycles. The van der Waals surface area contributed by atoms with E-state index >= 15 is 0 Å². The molecule has 2 saturated heterocycles. The number of aromatic nitrogens is 8. The minimum atomic E-state index is -6.28. The van der Waals surface area contributed by atoms with Crippen molar-refractivity contribution in [3.63, 3.8) is 0 Å². The van der Waals surface area contributed by atoms with Crippen molar-refractivity contribution in [1.82, 2.24) is 39.0 Å². The number of aliphatic hydroxyl groups is 4. The molecule has 0 bridgehead atoms. The Morgan fingerprint density at radius 1 is 0.609 bits per heavy atom. The molecule has 2 fully saturated rings. The zero-order chi connectivity index (χ0) is 66.6. The van der Waals surface area contributed by atoms with E-state index < -0.39 is 147 Å². The second-order valence-electron chi connectivity index (χ2n) is 17.9. The largest absolute Gasteiger partial charge is 1.00 e. The van der Waals surface area contributed by atoms with Gasteiger partial charge >= 0.3 is 50.9 Å². The fourth-order valence-corrected chi connectivity index (χ4v) is 17.5. The Balaban J connectivity index is 0.000000882. The Hall–Kier alpha value is 0.530. The van der Waals surface area contributed by atoms with Crippen LogP contribution in [0, 0.1) is 0 Å². The molecule has 4 aromatic rings. The van der Waals surface area contributed by atoms with E-state index in [1.165, 1.54) is 22.7 Å². The van der Waals surface area contributed by atoms with Crippen molar-refractivity contribution in [2.45, 2.75) is 114 Å². The number of ether oxygens (including phenoxy) is 2. The summed E-state index contributed by atoms with van der Waals surface area (Å²) in [6.07, 6.45) is -13.6. The maximum Gasteiger partial charge on any atom is 1.00 e. The van der Waals surface area contributed by atoms with E-state index in [1.54, 1.807) is 11.8 Å².